The Bertz CT molecular complexity index is 802. The number of carbonyl (C=O) groups is 2. The van der Waals surface area contributed by atoms with Crippen LogP contribution in [-0.4, -0.2) is 53.5 Å². The van der Waals surface area contributed by atoms with Crippen molar-refractivity contribution < 1.29 is 18.7 Å². The van der Waals surface area contributed by atoms with E-state index in [0.29, 0.717) is 43.9 Å². The Morgan fingerprint density at radius 2 is 1.96 bits per heavy atom. The molecule has 2 aromatic rings. The van der Waals surface area contributed by atoms with E-state index in [1.165, 1.54) is 23.5 Å². The number of likely N-dealkylation sites (tertiary alicyclic amines) is 1. The third kappa shape index (κ3) is 3.22. The number of anilines is 1. The van der Waals surface area contributed by atoms with Gasteiger partial charge in [-0.15, -0.1) is 11.3 Å². The predicted octanol–water partition coefficient (Wildman–Crippen LogP) is 2.32. The van der Waals surface area contributed by atoms with Crippen LogP contribution in [0.4, 0.5) is 10.1 Å². The molecule has 2 saturated heterocycles. The molecule has 0 unspecified atom stereocenters. The van der Waals surface area contributed by atoms with Crippen LogP contribution in [0.1, 0.15) is 23.3 Å². The molecule has 1 spiro atoms. The number of hydrogen-bond donors (Lipinski definition) is 0. The summed E-state index contributed by atoms with van der Waals surface area (Å²) in [4.78, 5) is 32.2. The molecule has 0 saturated carbocycles. The molecule has 0 atom stereocenters. The topological polar surface area (TPSA) is 62.7 Å². The summed E-state index contributed by atoms with van der Waals surface area (Å²) in [6, 6.07) is 5.90. The molecular formula is C18H18FN3O3S. The molecule has 0 radical (unpaired) electrons. The summed E-state index contributed by atoms with van der Waals surface area (Å²) in [7, 11) is 0. The fourth-order valence-corrected chi connectivity index (χ4v) is 4.00. The van der Waals surface area contributed by atoms with Crippen molar-refractivity contribution in [2.75, 3.05) is 31.1 Å². The SMILES string of the molecule is O=C(c1cscn1)N1CCC2(CC1)CN(c1ccc(F)cc1)C(=O)CO2. The summed E-state index contributed by atoms with van der Waals surface area (Å²) >= 11 is 1.40. The molecule has 2 fully saturated rings. The molecule has 2 aliphatic rings. The van der Waals surface area contributed by atoms with Crippen LogP contribution in [0.5, 0.6) is 0 Å². The molecule has 8 heteroatoms. The van der Waals surface area contributed by atoms with Gasteiger partial charge >= 0.3 is 0 Å². The average Bonchev–Trinajstić information content (AvgIpc) is 3.20. The highest BCUT2D eigenvalue weighted by Crippen LogP contribution is 2.33. The molecule has 2 aliphatic heterocycles. The van der Waals surface area contributed by atoms with Crippen LogP contribution in [0.2, 0.25) is 0 Å². The maximum absolute atomic E-state index is 13.2. The number of aromatic nitrogens is 1. The van der Waals surface area contributed by atoms with Crippen molar-refractivity contribution in [2.24, 2.45) is 0 Å². The fraction of sp³-hybridized carbons (Fsp3) is 0.389. The Labute approximate surface area is 154 Å². The quantitative estimate of drug-likeness (QED) is 0.808. The number of piperidine rings is 1. The first-order valence-electron chi connectivity index (χ1n) is 8.44. The Balaban J connectivity index is 1.45. The van der Waals surface area contributed by atoms with Crippen LogP contribution < -0.4 is 4.90 Å². The summed E-state index contributed by atoms with van der Waals surface area (Å²) in [5.41, 5.74) is 2.31. The number of ether oxygens (including phenoxy) is 1. The van der Waals surface area contributed by atoms with Crippen molar-refractivity contribution in [1.82, 2.24) is 9.88 Å². The fourth-order valence-electron chi connectivity index (χ4n) is 3.47. The first kappa shape index (κ1) is 17.1. The largest absolute Gasteiger partial charge is 0.363 e. The number of halogens is 1. The highest BCUT2D eigenvalue weighted by Gasteiger charge is 2.43. The summed E-state index contributed by atoms with van der Waals surface area (Å²) in [6.07, 6.45) is 1.29. The smallest absolute Gasteiger partial charge is 0.273 e. The average molecular weight is 375 g/mol. The molecule has 1 aromatic heterocycles. The van der Waals surface area contributed by atoms with E-state index < -0.39 is 5.60 Å². The van der Waals surface area contributed by atoms with Crippen molar-refractivity contribution in [1.29, 1.82) is 0 Å². The van der Waals surface area contributed by atoms with Crippen LogP contribution in [0, 0.1) is 5.82 Å². The van der Waals surface area contributed by atoms with Crippen molar-refractivity contribution in [3.05, 3.63) is 46.7 Å². The second kappa shape index (κ2) is 6.77. The summed E-state index contributed by atoms with van der Waals surface area (Å²) < 4.78 is 19.1. The van der Waals surface area contributed by atoms with Gasteiger partial charge in [-0.05, 0) is 37.1 Å². The molecule has 26 heavy (non-hydrogen) atoms. The number of thiazole rings is 1. The molecule has 0 N–H and O–H groups in total. The Morgan fingerprint density at radius 1 is 1.23 bits per heavy atom. The summed E-state index contributed by atoms with van der Waals surface area (Å²) in [6.45, 7) is 1.53. The number of hydrogen-bond acceptors (Lipinski definition) is 5. The molecule has 136 valence electrons. The number of morpholine rings is 1. The lowest BCUT2D eigenvalue weighted by atomic mass is 9.89. The maximum Gasteiger partial charge on any atom is 0.273 e. The number of benzene rings is 1. The normalized spacial score (nSPS) is 19.8. The zero-order valence-corrected chi connectivity index (χ0v) is 14.9. The van der Waals surface area contributed by atoms with Crippen molar-refractivity contribution in [3.63, 3.8) is 0 Å². The number of rotatable bonds is 2. The van der Waals surface area contributed by atoms with Crippen LogP contribution in [0.3, 0.4) is 0 Å². The van der Waals surface area contributed by atoms with Gasteiger partial charge < -0.3 is 14.5 Å². The van der Waals surface area contributed by atoms with E-state index in [4.69, 9.17) is 4.74 Å². The van der Waals surface area contributed by atoms with E-state index in [2.05, 4.69) is 4.98 Å². The zero-order chi connectivity index (χ0) is 18.1. The van der Waals surface area contributed by atoms with Crippen molar-refractivity contribution in [3.8, 4) is 0 Å². The minimum atomic E-state index is -0.471. The van der Waals surface area contributed by atoms with Gasteiger partial charge in [-0.25, -0.2) is 9.37 Å². The second-order valence-corrected chi connectivity index (χ2v) is 7.31. The first-order chi connectivity index (χ1) is 12.6. The van der Waals surface area contributed by atoms with E-state index in [0.717, 1.165) is 0 Å². The lowest BCUT2D eigenvalue weighted by Crippen LogP contribution is -2.59. The van der Waals surface area contributed by atoms with Gasteiger partial charge in [0.2, 0.25) is 0 Å². The van der Waals surface area contributed by atoms with Crippen LogP contribution >= 0.6 is 11.3 Å². The van der Waals surface area contributed by atoms with E-state index >= 15 is 0 Å². The van der Waals surface area contributed by atoms with Gasteiger partial charge in [0.25, 0.3) is 11.8 Å². The monoisotopic (exact) mass is 375 g/mol. The predicted molar refractivity (Wildman–Crippen MR) is 94.7 cm³/mol. The maximum atomic E-state index is 13.2. The second-order valence-electron chi connectivity index (χ2n) is 6.59. The van der Waals surface area contributed by atoms with Crippen LogP contribution in [-0.2, 0) is 9.53 Å². The van der Waals surface area contributed by atoms with E-state index in [-0.39, 0.29) is 24.2 Å². The molecule has 4 rings (SSSR count). The molecule has 0 aliphatic carbocycles. The van der Waals surface area contributed by atoms with Crippen LogP contribution in [0.15, 0.2) is 35.2 Å². The highest BCUT2D eigenvalue weighted by atomic mass is 32.1. The lowest BCUT2D eigenvalue weighted by molar-refractivity contribution is -0.143. The molecule has 1 aromatic carbocycles. The van der Waals surface area contributed by atoms with Crippen molar-refractivity contribution >= 4 is 28.8 Å². The number of nitrogens with zero attached hydrogens (tertiary/aromatic N) is 3. The third-order valence-electron chi connectivity index (χ3n) is 5.00. The van der Waals surface area contributed by atoms with Gasteiger partial charge in [0.05, 0.1) is 17.7 Å². The zero-order valence-electron chi connectivity index (χ0n) is 14.1. The lowest BCUT2D eigenvalue weighted by Gasteiger charge is -2.46. The van der Waals surface area contributed by atoms with Gasteiger partial charge in [-0.1, -0.05) is 0 Å². The molecule has 0 bridgehead atoms. The van der Waals surface area contributed by atoms with E-state index in [1.807, 2.05) is 0 Å². The summed E-state index contributed by atoms with van der Waals surface area (Å²) in [5, 5.41) is 1.75. The van der Waals surface area contributed by atoms with Crippen LogP contribution in [0.25, 0.3) is 0 Å². The molecule has 6 nitrogen and oxygen atoms in total. The molecule has 3 heterocycles. The third-order valence-corrected chi connectivity index (χ3v) is 5.59. The van der Waals surface area contributed by atoms with Gasteiger partial charge in [-0.3, -0.25) is 9.59 Å². The minimum Gasteiger partial charge on any atom is -0.363 e. The van der Waals surface area contributed by atoms with Gasteiger partial charge in [0.15, 0.2) is 0 Å². The molecule has 2 amide bonds. The van der Waals surface area contributed by atoms with Gasteiger partial charge in [0, 0.05) is 24.2 Å². The van der Waals surface area contributed by atoms with E-state index in [9.17, 15) is 14.0 Å². The number of carbonyl (C=O) groups excluding carboxylic acids is 2. The first-order valence-corrected chi connectivity index (χ1v) is 9.38. The standard InChI is InChI=1S/C18H18FN3O3S/c19-13-1-3-14(4-2-13)22-11-18(25-9-16(22)23)5-7-21(8-6-18)17(24)15-10-26-12-20-15/h1-4,10,12H,5-9,11H2. The Kier molecular flexibility index (Phi) is 4.46. The molecular weight excluding hydrogens is 357 g/mol. The van der Waals surface area contributed by atoms with Gasteiger partial charge in [0.1, 0.15) is 18.1 Å². The van der Waals surface area contributed by atoms with E-state index in [1.54, 1.807) is 32.8 Å². The van der Waals surface area contributed by atoms with Crippen molar-refractivity contribution in [2.45, 2.75) is 18.4 Å². The Hall–Kier alpha value is -2.32. The number of amides is 2. The highest BCUT2D eigenvalue weighted by molar-refractivity contribution is 7.07. The minimum absolute atomic E-state index is 0.00257. The van der Waals surface area contributed by atoms with Gasteiger partial charge in [-0.2, -0.15) is 0 Å². The Morgan fingerprint density at radius 3 is 2.62 bits per heavy atom. The summed E-state index contributed by atoms with van der Waals surface area (Å²) in [5.74, 6) is -0.537.